The molecule has 0 bridgehead atoms. The predicted octanol–water partition coefficient (Wildman–Crippen LogP) is 4.16. The van der Waals surface area contributed by atoms with Gasteiger partial charge in [0.15, 0.2) is 0 Å². The van der Waals surface area contributed by atoms with Crippen LogP contribution >= 0.6 is 0 Å². The molecule has 0 spiro atoms. The molecule has 3 nitrogen and oxygen atoms in total. The highest BCUT2D eigenvalue weighted by atomic mass is 16.6. The van der Waals surface area contributed by atoms with Gasteiger partial charge in [0.2, 0.25) is 0 Å². The predicted molar refractivity (Wildman–Crippen MR) is 80.8 cm³/mol. The maximum Gasteiger partial charge on any atom is 0.123 e. The van der Waals surface area contributed by atoms with Crippen molar-refractivity contribution >= 4 is 0 Å². The van der Waals surface area contributed by atoms with Crippen LogP contribution in [0, 0.1) is 0 Å². The van der Waals surface area contributed by atoms with Gasteiger partial charge in [0, 0.05) is 5.56 Å². The molecule has 1 aromatic rings. The van der Waals surface area contributed by atoms with Gasteiger partial charge in [-0.3, -0.25) is 0 Å². The molecule has 3 heteroatoms. The highest BCUT2D eigenvalue weighted by Crippen LogP contribution is 2.39. The summed E-state index contributed by atoms with van der Waals surface area (Å²) < 4.78 is 17.0. The third-order valence-electron chi connectivity index (χ3n) is 3.88. The molecule has 0 aliphatic carbocycles. The van der Waals surface area contributed by atoms with Gasteiger partial charge in [0.05, 0.1) is 25.4 Å². The van der Waals surface area contributed by atoms with Crippen LogP contribution in [0.15, 0.2) is 18.2 Å². The highest BCUT2D eigenvalue weighted by Gasteiger charge is 2.36. The van der Waals surface area contributed by atoms with Crippen molar-refractivity contribution in [1.29, 1.82) is 0 Å². The van der Waals surface area contributed by atoms with E-state index in [1.165, 1.54) is 5.56 Å². The molecule has 0 N–H and O–H groups in total. The quantitative estimate of drug-likeness (QED) is 0.669. The lowest BCUT2D eigenvalue weighted by molar-refractivity contribution is 0.320. The van der Waals surface area contributed by atoms with Crippen molar-refractivity contribution in [3.8, 4) is 11.5 Å². The summed E-state index contributed by atoms with van der Waals surface area (Å²) in [7, 11) is 0. The van der Waals surface area contributed by atoms with Crippen LogP contribution < -0.4 is 9.47 Å². The second-order valence-electron chi connectivity index (χ2n) is 5.29. The fraction of sp³-hybridized carbons (Fsp3) is 0.647. The fourth-order valence-electron chi connectivity index (χ4n) is 2.66. The minimum atomic E-state index is 0.408. The number of hydrogen-bond acceptors (Lipinski definition) is 3. The first-order valence-corrected chi connectivity index (χ1v) is 7.74. The number of rotatable bonds is 8. The third-order valence-corrected chi connectivity index (χ3v) is 3.88. The summed E-state index contributed by atoms with van der Waals surface area (Å²) in [4.78, 5) is 0. The Kier molecular flexibility index (Phi) is 5.30. The smallest absolute Gasteiger partial charge is 0.123 e. The zero-order chi connectivity index (χ0) is 14.5. The first-order chi connectivity index (χ1) is 9.69. The van der Waals surface area contributed by atoms with E-state index in [1.54, 1.807) is 0 Å². The van der Waals surface area contributed by atoms with Crippen LogP contribution in [0.2, 0.25) is 0 Å². The second kappa shape index (κ2) is 6.98. The Morgan fingerprint density at radius 1 is 1.15 bits per heavy atom. The average molecular weight is 278 g/mol. The molecule has 1 saturated heterocycles. The highest BCUT2D eigenvalue weighted by molar-refractivity contribution is 5.42. The van der Waals surface area contributed by atoms with Crippen molar-refractivity contribution in [2.24, 2.45) is 0 Å². The van der Waals surface area contributed by atoms with Crippen LogP contribution in [0.5, 0.6) is 11.5 Å². The van der Waals surface area contributed by atoms with Crippen molar-refractivity contribution in [2.75, 3.05) is 13.2 Å². The van der Waals surface area contributed by atoms with Gasteiger partial charge in [0.1, 0.15) is 11.5 Å². The lowest BCUT2D eigenvalue weighted by Gasteiger charge is -2.19. The molecule has 0 saturated carbocycles. The molecule has 20 heavy (non-hydrogen) atoms. The Bertz CT molecular complexity index is 430. The van der Waals surface area contributed by atoms with Crippen molar-refractivity contribution in [3.63, 3.8) is 0 Å². The van der Waals surface area contributed by atoms with Crippen molar-refractivity contribution in [2.45, 2.75) is 58.7 Å². The Hall–Kier alpha value is -1.22. The minimum Gasteiger partial charge on any atom is -0.494 e. The molecule has 1 aromatic carbocycles. The van der Waals surface area contributed by atoms with E-state index in [4.69, 9.17) is 14.2 Å². The number of ether oxygens (including phenoxy) is 3. The van der Waals surface area contributed by atoms with Gasteiger partial charge in [0.25, 0.3) is 0 Å². The molecule has 3 unspecified atom stereocenters. The molecular weight excluding hydrogens is 252 g/mol. The maximum absolute atomic E-state index is 5.79. The normalized spacial score (nSPS) is 22.4. The van der Waals surface area contributed by atoms with Gasteiger partial charge in [-0.2, -0.15) is 0 Å². The Morgan fingerprint density at radius 2 is 1.85 bits per heavy atom. The van der Waals surface area contributed by atoms with Gasteiger partial charge in [-0.15, -0.1) is 0 Å². The first-order valence-electron chi connectivity index (χ1n) is 7.74. The number of epoxide rings is 1. The summed E-state index contributed by atoms with van der Waals surface area (Å²) in [5, 5.41) is 0. The summed E-state index contributed by atoms with van der Waals surface area (Å²) in [5.74, 6) is 2.37. The molecule has 1 heterocycles. The van der Waals surface area contributed by atoms with E-state index in [2.05, 4.69) is 19.9 Å². The Labute approximate surface area is 122 Å². The van der Waals surface area contributed by atoms with Gasteiger partial charge in [-0.25, -0.2) is 0 Å². The molecule has 3 atom stereocenters. The van der Waals surface area contributed by atoms with E-state index < -0.39 is 0 Å². The summed E-state index contributed by atoms with van der Waals surface area (Å²) in [6, 6.07) is 6.15. The first kappa shape index (κ1) is 15.2. The van der Waals surface area contributed by atoms with Crippen molar-refractivity contribution < 1.29 is 14.2 Å². The van der Waals surface area contributed by atoms with Gasteiger partial charge < -0.3 is 14.2 Å². The zero-order valence-electron chi connectivity index (χ0n) is 13.0. The van der Waals surface area contributed by atoms with E-state index in [0.29, 0.717) is 31.3 Å². The van der Waals surface area contributed by atoms with Crippen molar-refractivity contribution in [1.82, 2.24) is 0 Å². The summed E-state index contributed by atoms with van der Waals surface area (Å²) in [5.41, 5.74) is 1.25. The van der Waals surface area contributed by atoms with Crippen LogP contribution in [-0.4, -0.2) is 25.4 Å². The topological polar surface area (TPSA) is 31.0 Å². The molecule has 2 rings (SSSR count). The summed E-state index contributed by atoms with van der Waals surface area (Å²) in [6.07, 6.45) is 2.97. The summed E-state index contributed by atoms with van der Waals surface area (Å²) in [6.45, 7) is 9.76. The van der Waals surface area contributed by atoms with Crippen LogP contribution in [0.1, 0.15) is 52.0 Å². The van der Waals surface area contributed by atoms with Crippen LogP contribution in [0.25, 0.3) is 0 Å². The SMILES string of the molecule is CCOc1ccc(OCC)c(C(CC)CC2OC2C)c1. The van der Waals surface area contributed by atoms with E-state index in [0.717, 1.165) is 24.3 Å². The molecule has 0 radical (unpaired) electrons. The van der Waals surface area contributed by atoms with Crippen LogP contribution in [-0.2, 0) is 4.74 Å². The number of benzene rings is 1. The lowest BCUT2D eigenvalue weighted by Crippen LogP contribution is -2.07. The van der Waals surface area contributed by atoms with Crippen molar-refractivity contribution in [3.05, 3.63) is 23.8 Å². The average Bonchev–Trinajstić information content (AvgIpc) is 3.14. The lowest BCUT2D eigenvalue weighted by atomic mass is 9.90. The molecule has 1 aliphatic rings. The third kappa shape index (κ3) is 3.66. The molecule has 1 fully saturated rings. The molecular formula is C17H26O3. The van der Waals surface area contributed by atoms with E-state index in [1.807, 2.05) is 26.0 Å². The molecule has 0 amide bonds. The maximum atomic E-state index is 5.79. The van der Waals surface area contributed by atoms with E-state index in [-0.39, 0.29) is 0 Å². The number of hydrogen-bond donors (Lipinski definition) is 0. The second-order valence-corrected chi connectivity index (χ2v) is 5.29. The van der Waals surface area contributed by atoms with Gasteiger partial charge in [-0.05, 0) is 57.7 Å². The Balaban J connectivity index is 2.21. The largest absolute Gasteiger partial charge is 0.494 e. The fourth-order valence-corrected chi connectivity index (χ4v) is 2.66. The van der Waals surface area contributed by atoms with Crippen LogP contribution in [0.4, 0.5) is 0 Å². The zero-order valence-corrected chi connectivity index (χ0v) is 13.0. The minimum absolute atomic E-state index is 0.408. The summed E-state index contributed by atoms with van der Waals surface area (Å²) >= 11 is 0. The standard InChI is InChI=1S/C17H26O3/c1-5-13(10-17-12(4)20-17)15-11-14(18-6-2)8-9-16(15)19-7-3/h8-9,11-13,17H,5-7,10H2,1-4H3. The Morgan fingerprint density at radius 3 is 2.40 bits per heavy atom. The van der Waals surface area contributed by atoms with Gasteiger partial charge >= 0.3 is 0 Å². The van der Waals surface area contributed by atoms with Crippen LogP contribution in [0.3, 0.4) is 0 Å². The monoisotopic (exact) mass is 278 g/mol. The van der Waals surface area contributed by atoms with E-state index in [9.17, 15) is 0 Å². The molecule has 0 aromatic heterocycles. The molecule has 112 valence electrons. The van der Waals surface area contributed by atoms with E-state index >= 15 is 0 Å². The molecule has 1 aliphatic heterocycles. The van der Waals surface area contributed by atoms with Gasteiger partial charge in [-0.1, -0.05) is 6.92 Å².